The fourth-order valence-corrected chi connectivity index (χ4v) is 2.47. The molecule has 0 fully saturated rings. The lowest BCUT2D eigenvalue weighted by Crippen LogP contribution is -2.12. The number of amides is 1. The molecule has 0 aliphatic carbocycles. The lowest BCUT2D eigenvalue weighted by atomic mass is 10.1. The van der Waals surface area contributed by atoms with Gasteiger partial charge in [-0.2, -0.15) is 5.10 Å². The van der Waals surface area contributed by atoms with E-state index in [1.807, 2.05) is 25.1 Å². The SMILES string of the molecule is Cc1ccc2[nH]nc(C(=O)Nc3ccc4c(c3)OCO4)c2c1. The maximum absolute atomic E-state index is 12.4. The standard InChI is InChI=1S/C16H13N3O3/c1-9-2-4-12-11(6-9)15(19-18-12)16(20)17-10-3-5-13-14(7-10)22-8-21-13/h2-7H,8H2,1H3,(H,17,20)(H,18,19). The highest BCUT2D eigenvalue weighted by atomic mass is 16.7. The van der Waals surface area contributed by atoms with E-state index in [1.165, 1.54) is 0 Å². The molecule has 0 bridgehead atoms. The van der Waals surface area contributed by atoms with Crippen molar-refractivity contribution in [3.8, 4) is 11.5 Å². The minimum Gasteiger partial charge on any atom is -0.454 e. The van der Waals surface area contributed by atoms with Gasteiger partial charge in [0.15, 0.2) is 17.2 Å². The second kappa shape index (κ2) is 4.77. The van der Waals surface area contributed by atoms with Crippen LogP contribution in [-0.2, 0) is 0 Å². The third-order valence-electron chi connectivity index (χ3n) is 3.56. The number of carbonyl (C=O) groups excluding carboxylic acids is 1. The molecule has 0 atom stereocenters. The van der Waals surface area contributed by atoms with Crippen molar-refractivity contribution in [2.75, 3.05) is 12.1 Å². The zero-order valence-corrected chi connectivity index (χ0v) is 11.8. The number of benzene rings is 2. The van der Waals surface area contributed by atoms with Crippen LogP contribution in [0.15, 0.2) is 36.4 Å². The summed E-state index contributed by atoms with van der Waals surface area (Å²) in [6.45, 7) is 2.18. The van der Waals surface area contributed by atoms with Crippen LogP contribution in [0.5, 0.6) is 11.5 Å². The number of rotatable bonds is 2. The van der Waals surface area contributed by atoms with Crippen molar-refractivity contribution >= 4 is 22.5 Å². The maximum Gasteiger partial charge on any atom is 0.276 e. The molecule has 1 amide bonds. The summed E-state index contributed by atoms with van der Waals surface area (Å²) in [7, 11) is 0. The average molecular weight is 295 g/mol. The van der Waals surface area contributed by atoms with Gasteiger partial charge in [-0.05, 0) is 31.2 Å². The predicted molar refractivity (Wildman–Crippen MR) is 81.3 cm³/mol. The summed E-state index contributed by atoms with van der Waals surface area (Å²) in [6.07, 6.45) is 0. The molecule has 1 aromatic heterocycles. The molecule has 0 saturated carbocycles. The van der Waals surface area contributed by atoms with Crippen molar-refractivity contribution < 1.29 is 14.3 Å². The van der Waals surface area contributed by atoms with Crippen LogP contribution in [-0.4, -0.2) is 22.9 Å². The summed E-state index contributed by atoms with van der Waals surface area (Å²) in [5.41, 5.74) is 2.92. The largest absolute Gasteiger partial charge is 0.454 e. The zero-order valence-electron chi connectivity index (χ0n) is 11.8. The molecule has 3 aromatic rings. The average Bonchev–Trinajstić information content (AvgIpc) is 3.12. The van der Waals surface area contributed by atoms with Crippen LogP contribution < -0.4 is 14.8 Å². The molecule has 0 spiro atoms. The second-order valence-electron chi connectivity index (χ2n) is 5.14. The van der Waals surface area contributed by atoms with E-state index in [-0.39, 0.29) is 12.7 Å². The van der Waals surface area contributed by atoms with E-state index < -0.39 is 0 Å². The van der Waals surface area contributed by atoms with Crippen LogP contribution in [0.2, 0.25) is 0 Å². The van der Waals surface area contributed by atoms with Crippen molar-refractivity contribution in [1.29, 1.82) is 0 Å². The molecule has 6 heteroatoms. The van der Waals surface area contributed by atoms with E-state index in [9.17, 15) is 4.79 Å². The molecule has 0 saturated heterocycles. The van der Waals surface area contributed by atoms with Gasteiger partial charge in [-0.15, -0.1) is 0 Å². The van der Waals surface area contributed by atoms with Gasteiger partial charge in [0.2, 0.25) is 6.79 Å². The summed E-state index contributed by atoms with van der Waals surface area (Å²) in [5.74, 6) is 1.04. The van der Waals surface area contributed by atoms with E-state index in [0.29, 0.717) is 22.9 Å². The van der Waals surface area contributed by atoms with E-state index in [4.69, 9.17) is 9.47 Å². The Morgan fingerprint density at radius 3 is 2.95 bits per heavy atom. The van der Waals surface area contributed by atoms with Gasteiger partial charge >= 0.3 is 0 Å². The molecule has 1 aliphatic heterocycles. The topological polar surface area (TPSA) is 76.2 Å². The second-order valence-corrected chi connectivity index (χ2v) is 5.14. The molecule has 22 heavy (non-hydrogen) atoms. The number of H-pyrrole nitrogens is 1. The van der Waals surface area contributed by atoms with Crippen molar-refractivity contribution in [3.63, 3.8) is 0 Å². The number of carbonyl (C=O) groups is 1. The number of hydrogen-bond acceptors (Lipinski definition) is 4. The molecule has 110 valence electrons. The number of fused-ring (bicyclic) bond motifs is 2. The summed E-state index contributed by atoms with van der Waals surface area (Å²) in [5, 5.41) is 10.6. The minimum absolute atomic E-state index is 0.204. The molecular formula is C16H13N3O3. The number of nitrogens with zero attached hydrogens (tertiary/aromatic N) is 1. The fourth-order valence-electron chi connectivity index (χ4n) is 2.47. The first kappa shape index (κ1) is 12.7. The Kier molecular flexibility index (Phi) is 2.75. The Morgan fingerprint density at radius 1 is 1.18 bits per heavy atom. The molecular weight excluding hydrogens is 282 g/mol. The summed E-state index contributed by atoms with van der Waals surface area (Å²) >= 11 is 0. The van der Waals surface area contributed by atoms with Crippen molar-refractivity contribution in [2.24, 2.45) is 0 Å². The van der Waals surface area contributed by atoms with Crippen LogP contribution in [0.1, 0.15) is 16.1 Å². The Bertz CT molecular complexity index is 885. The zero-order chi connectivity index (χ0) is 15.1. The number of nitrogens with one attached hydrogen (secondary N) is 2. The highest BCUT2D eigenvalue weighted by Gasteiger charge is 2.17. The highest BCUT2D eigenvalue weighted by molar-refractivity contribution is 6.11. The minimum atomic E-state index is -0.268. The monoisotopic (exact) mass is 295 g/mol. The number of aromatic nitrogens is 2. The van der Waals surface area contributed by atoms with Gasteiger partial charge in [-0.25, -0.2) is 0 Å². The molecule has 1 aliphatic rings. The van der Waals surface area contributed by atoms with Gasteiger partial charge < -0.3 is 14.8 Å². The summed E-state index contributed by atoms with van der Waals surface area (Å²) in [6, 6.07) is 11.1. The van der Waals surface area contributed by atoms with Crippen LogP contribution in [0.4, 0.5) is 5.69 Å². The van der Waals surface area contributed by atoms with Gasteiger partial charge in [-0.1, -0.05) is 11.6 Å². The number of aromatic amines is 1. The Morgan fingerprint density at radius 2 is 2.05 bits per heavy atom. The first-order valence-electron chi connectivity index (χ1n) is 6.86. The molecule has 2 N–H and O–H groups in total. The Labute approximate surface area is 126 Å². The quantitative estimate of drug-likeness (QED) is 0.762. The molecule has 0 radical (unpaired) electrons. The van der Waals surface area contributed by atoms with Gasteiger partial charge in [0.05, 0.1) is 5.52 Å². The predicted octanol–water partition coefficient (Wildman–Crippen LogP) is 2.85. The summed E-state index contributed by atoms with van der Waals surface area (Å²) < 4.78 is 10.6. The third-order valence-corrected chi connectivity index (χ3v) is 3.56. The number of anilines is 1. The Balaban J connectivity index is 1.65. The van der Waals surface area contributed by atoms with Crippen LogP contribution >= 0.6 is 0 Å². The molecule has 0 unspecified atom stereocenters. The van der Waals surface area contributed by atoms with Crippen LogP contribution in [0.3, 0.4) is 0 Å². The first-order chi connectivity index (χ1) is 10.7. The molecule has 4 rings (SSSR count). The lowest BCUT2D eigenvalue weighted by Gasteiger charge is -2.05. The number of aryl methyl sites for hydroxylation is 1. The highest BCUT2D eigenvalue weighted by Crippen LogP contribution is 2.34. The fraction of sp³-hybridized carbons (Fsp3) is 0.125. The van der Waals surface area contributed by atoms with Crippen molar-refractivity contribution in [1.82, 2.24) is 10.2 Å². The van der Waals surface area contributed by atoms with E-state index >= 15 is 0 Å². The molecule has 2 aromatic carbocycles. The number of ether oxygens (including phenoxy) is 2. The first-order valence-corrected chi connectivity index (χ1v) is 6.86. The smallest absolute Gasteiger partial charge is 0.276 e. The lowest BCUT2D eigenvalue weighted by molar-refractivity contribution is 0.102. The third kappa shape index (κ3) is 2.05. The van der Waals surface area contributed by atoms with Crippen molar-refractivity contribution in [2.45, 2.75) is 6.92 Å². The van der Waals surface area contributed by atoms with Gasteiger partial charge in [0, 0.05) is 17.1 Å². The van der Waals surface area contributed by atoms with Crippen LogP contribution in [0.25, 0.3) is 10.9 Å². The van der Waals surface area contributed by atoms with Gasteiger partial charge in [-0.3, -0.25) is 9.89 Å². The van der Waals surface area contributed by atoms with E-state index in [2.05, 4.69) is 15.5 Å². The van der Waals surface area contributed by atoms with Gasteiger partial charge in [0.1, 0.15) is 0 Å². The Hall–Kier alpha value is -3.02. The van der Waals surface area contributed by atoms with E-state index in [1.54, 1.807) is 18.2 Å². The molecule has 6 nitrogen and oxygen atoms in total. The van der Waals surface area contributed by atoms with E-state index in [0.717, 1.165) is 16.5 Å². The van der Waals surface area contributed by atoms with Crippen molar-refractivity contribution in [3.05, 3.63) is 47.7 Å². The van der Waals surface area contributed by atoms with Crippen LogP contribution in [0, 0.1) is 6.92 Å². The number of hydrogen-bond donors (Lipinski definition) is 2. The maximum atomic E-state index is 12.4. The molecule has 2 heterocycles. The summed E-state index contributed by atoms with van der Waals surface area (Å²) in [4.78, 5) is 12.4. The normalized spacial score (nSPS) is 12.6. The van der Waals surface area contributed by atoms with Gasteiger partial charge in [0.25, 0.3) is 5.91 Å².